The molecule has 0 aliphatic carbocycles. The second-order valence-corrected chi connectivity index (χ2v) is 10.3. The molecule has 3 aliphatic heterocycles. The number of para-hydroxylation sites is 1. The molecule has 0 aromatic heterocycles. The number of carbonyl (C=O) groups is 2. The molecule has 194 valence electrons. The van der Waals surface area contributed by atoms with Crippen LogP contribution >= 0.6 is 0 Å². The van der Waals surface area contributed by atoms with E-state index in [1.54, 1.807) is 7.11 Å². The quantitative estimate of drug-likeness (QED) is 0.635. The lowest BCUT2D eigenvalue weighted by molar-refractivity contribution is 0.0136. The van der Waals surface area contributed by atoms with Crippen molar-refractivity contribution in [3.8, 4) is 5.75 Å². The van der Waals surface area contributed by atoms with E-state index in [2.05, 4.69) is 0 Å². The number of nitrogens with zero attached hydrogens (tertiary/aromatic N) is 3. The van der Waals surface area contributed by atoms with Gasteiger partial charge >= 0.3 is 0 Å². The van der Waals surface area contributed by atoms with E-state index in [4.69, 9.17) is 9.47 Å². The maximum Gasteiger partial charge on any atom is 0.257 e. The highest BCUT2D eigenvalue weighted by Gasteiger charge is 2.36. The zero-order chi connectivity index (χ0) is 25.5. The minimum atomic E-state index is 0.00891. The Morgan fingerprint density at radius 3 is 2.53 bits per heavy atom. The van der Waals surface area contributed by atoms with Crippen LogP contribution in [0.2, 0.25) is 0 Å². The lowest BCUT2D eigenvalue weighted by atomic mass is 9.75. The molecule has 2 aromatic rings. The van der Waals surface area contributed by atoms with Crippen LogP contribution in [0, 0.1) is 5.41 Å². The van der Waals surface area contributed by atoms with Gasteiger partial charge in [-0.2, -0.15) is 0 Å². The standard InChI is InChI=1S/C29H39N3O4/c1-30(2)24-10-8-9-23(21-24)27(33)31-16-7-6-13-29(22-35-3)14-17-32(18-15-29)28(34)25-11-4-5-12-26(25)36-20-19-31/h4-5,8-12,21H,6-7,13-20,22H2,1-3H3. The highest BCUT2D eigenvalue weighted by Crippen LogP contribution is 2.38. The Morgan fingerprint density at radius 1 is 1.00 bits per heavy atom. The van der Waals surface area contributed by atoms with E-state index >= 15 is 0 Å². The summed E-state index contributed by atoms with van der Waals surface area (Å²) in [6, 6.07) is 15.2. The van der Waals surface area contributed by atoms with Gasteiger partial charge in [0.1, 0.15) is 12.4 Å². The number of hydrogen-bond acceptors (Lipinski definition) is 5. The number of fused-ring (bicyclic) bond motifs is 9. The molecule has 0 spiro atoms. The van der Waals surface area contributed by atoms with Gasteiger partial charge in [0.2, 0.25) is 0 Å². The van der Waals surface area contributed by atoms with Gasteiger partial charge in [-0.3, -0.25) is 9.59 Å². The van der Waals surface area contributed by atoms with E-state index in [-0.39, 0.29) is 17.2 Å². The van der Waals surface area contributed by atoms with Gasteiger partial charge in [0.25, 0.3) is 11.8 Å². The molecule has 1 saturated heterocycles. The van der Waals surface area contributed by atoms with Crippen LogP contribution in [-0.2, 0) is 4.74 Å². The van der Waals surface area contributed by atoms with Crippen LogP contribution in [0.15, 0.2) is 48.5 Å². The number of benzene rings is 2. The summed E-state index contributed by atoms with van der Waals surface area (Å²) in [7, 11) is 5.71. The Bertz CT molecular complexity index is 1050. The third kappa shape index (κ3) is 6.01. The van der Waals surface area contributed by atoms with Gasteiger partial charge in [-0.05, 0) is 61.4 Å². The summed E-state index contributed by atoms with van der Waals surface area (Å²) in [6.45, 7) is 3.61. The Balaban J connectivity index is 1.58. The topological polar surface area (TPSA) is 62.3 Å². The molecule has 5 rings (SSSR count). The minimum absolute atomic E-state index is 0.00891. The average Bonchev–Trinajstić information content (AvgIpc) is 2.90. The summed E-state index contributed by atoms with van der Waals surface area (Å²) in [5.41, 5.74) is 2.34. The van der Waals surface area contributed by atoms with E-state index < -0.39 is 0 Å². The highest BCUT2D eigenvalue weighted by atomic mass is 16.5. The van der Waals surface area contributed by atoms with Gasteiger partial charge in [0, 0.05) is 52.1 Å². The molecule has 7 nitrogen and oxygen atoms in total. The molecule has 1 fully saturated rings. The van der Waals surface area contributed by atoms with Crippen LogP contribution in [0.1, 0.15) is 52.8 Å². The summed E-state index contributed by atoms with van der Waals surface area (Å²) >= 11 is 0. The summed E-state index contributed by atoms with van der Waals surface area (Å²) in [4.78, 5) is 32.8. The maximum absolute atomic E-state index is 13.5. The van der Waals surface area contributed by atoms with E-state index in [9.17, 15) is 9.59 Å². The van der Waals surface area contributed by atoms with E-state index in [1.807, 2.05) is 77.3 Å². The molecule has 2 amide bonds. The van der Waals surface area contributed by atoms with Crippen molar-refractivity contribution in [3.05, 3.63) is 59.7 Å². The number of ether oxygens (including phenoxy) is 2. The van der Waals surface area contributed by atoms with Crippen LogP contribution in [0.5, 0.6) is 5.75 Å². The van der Waals surface area contributed by atoms with Crippen molar-refractivity contribution in [2.75, 3.05) is 65.5 Å². The molecule has 0 atom stereocenters. The van der Waals surface area contributed by atoms with Gasteiger partial charge in [-0.1, -0.05) is 24.6 Å². The van der Waals surface area contributed by atoms with Gasteiger partial charge in [-0.15, -0.1) is 0 Å². The molecule has 0 saturated carbocycles. The largest absolute Gasteiger partial charge is 0.491 e. The van der Waals surface area contributed by atoms with Crippen LogP contribution < -0.4 is 9.64 Å². The Morgan fingerprint density at radius 2 is 1.78 bits per heavy atom. The van der Waals surface area contributed by atoms with Crippen molar-refractivity contribution in [1.82, 2.24) is 9.80 Å². The summed E-state index contributed by atoms with van der Waals surface area (Å²) in [5.74, 6) is 0.600. The van der Waals surface area contributed by atoms with Crippen molar-refractivity contribution in [2.45, 2.75) is 32.1 Å². The number of carbonyl (C=O) groups excluding carboxylic acids is 2. The number of piperidine rings is 1. The fraction of sp³-hybridized carbons (Fsp3) is 0.517. The predicted octanol–water partition coefficient (Wildman–Crippen LogP) is 4.33. The number of amides is 2. The van der Waals surface area contributed by atoms with E-state index in [0.29, 0.717) is 43.2 Å². The molecular formula is C29H39N3O4. The zero-order valence-electron chi connectivity index (χ0n) is 21.9. The van der Waals surface area contributed by atoms with Crippen LogP contribution in [0.25, 0.3) is 0 Å². The molecule has 0 N–H and O–H groups in total. The minimum Gasteiger partial charge on any atom is -0.491 e. The monoisotopic (exact) mass is 493 g/mol. The van der Waals surface area contributed by atoms with Crippen LogP contribution in [-0.4, -0.2) is 82.2 Å². The lowest BCUT2D eigenvalue weighted by Gasteiger charge is -2.41. The third-order valence-electron chi connectivity index (χ3n) is 7.58. The lowest BCUT2D eigenvalue weighted by Crippen LogP contribution is -2.45. The first-order valence-electron chi connectivity index (χ1n) is 13.0. The first kappa shape index (κ1) is 26.0. The fourth-order valence-electron chi connectivity index (χ4n) is 5.38. The second-order valence-electron chi connectivity index (χ2n) is 10.3. The molecule has 3 aliphatic rings. The van der Waals surface area contributed by atoms with E-state index in [1.165, 1.54) is 0 Å². The van der Waals surface area contributed by atoms with Crippen molar-refractivity contribution in [2.24, 2.45) is 5.41 Å². The average molecular weight is 494 g/mol. The molecule has 2 bridgehead atoms. The fourth-order valence-corrected chi connectivity index (χ4v) is 5.38. The number of rotatable bonds is 4. The Labute approximate surface area is 215 Å². The number of anilines is 1. The van der Waals surface area contributed by atoms with Crippen molar-refractivity contribution in [1.29, 1.82) is 0 Å². The summed E-state index contributed by atoms with van der Waals surface area (Å²) < 4.78 is 11.7. The molecule has 0 unspecified atom stereocenters. The normalized spacial score (nSPS) is 18.6. The van der Waals surface area contributed by atoms with Crippen molar-refractivity contribution >= 4 is 17.5 Å². The molecule has 7 heteroatoms. The van der Waals surface area contributed by atoms with Gasteiger partial charge in [0.05, 0.1) is 18.7 Å². The van der Waals surface area contributed by atoms with Gasteiger partial charge < -0.3 is 24.2 Å². The van der Waals surface area contributed by atoms with Crippen molar-refractivity contribution < 1.29 is 19.1 Å². The van der Waals surface area contributed by atoms with Crippen LogP contribution in [0.4, 0.5) is 5.69 Å². The first-order valence-corrected chi connectivity index (χ1v) is 13.0. The van der Waals surface area contributed by atoms with Gasteiger partial charge in [-0.25, -0.2) is 0 Å². The Kier molecular flexibility index (Phi) is 8.52. The molecular weight excluding hydrogens is 454 g/mol. The molecule has 0 radical (unpaired) electrons. The second kappa shape index (κ2) is 11.8. The third-order valence-corrected chi connectivity index (χ3v) is 7.58. The molecule has 3 heterocycles. The Hall–Kier alpha value is -3.06. The summed E-state index contributed by atoms with van der Waals surface area (Å²) in [5, 5.41) is 0. The van der Waals surface area contributed by atoms with E-state index in [0.717, 1.165) is 50.9 Å². The first-order chi connectivity index (χ1) is 17.4. The van der Waals surface area contributed by atoms with Gasteiger partial charge in [0.15, 0.2) is 0 Å². The smallest absolute Gasteiger partial charge is 0.257 e. The SMILES string of the molecule is COCC12CCCCN(C(=O)c3cccc(N(C)C)c3)CCOc3ccccc3C(=O)N(CC1)CC2. The van der Waals surface area contributed by atoms with Crippen molar-refractivity contribution in [3.63, 3.8) is 0 Å². The number of hydrogen-bond donors (Lipinski definition) is 0. The zero-order valence-corrected chi connectivity index (χ0v) is 21.9. The highest BCUT2D eigenvalue weighted by molar-refractivity contribution is 5.97. The van der Waals surface area contributed by atoms with Crippen LogP contribution in [0.3, 0.4) is 0 Å². The maximum atomic E-state index is 13.5. The number of methoxy groups -OCH3 is 1. The molecule has 36 heavy (non-hydrogen) atoms. The summed E-state index contributed by atoms with van der Waals surface area (Å²) in [6.07, 6.45) is 4.82. The molecule has 2 aromatic carbocycles. The predicted molar refractivity (Wildman–Crippen MR) is 142 cm³/mol.